The maximum atomic E-state index is 12.5. The normalized spacial score (nSPS) is 10.3. The van der Waals surface area contributed by atoms with E-state index in [4.69, 9.17) is 5.26 Å². The van der Waals surface area contributed by atoms with E-state index < -0.39 is 0 Å². The number of aromatic nitrogens is 1. The fraction of sp³-hybridized carbons (Fsp3) is 0.208. The minimum absolute atomic E-state index is 0.0101. The Hall–Kier alpha value is -3.65. The zero-order valence-electron chi connectivity index (χ0n) is 16.4. The summed E-state index contributed by atoms with van der Waals surface area (Å²) in [6.07, 6.45) is 2.99. The monoisotopic (exact) mass is 385 g/mol. The number of amides is 1. The molecule has 1 amide bonds. The number of hydrogen-bond acceptors (Lipinski definition) is 3. The summed E-state index contributed by atoms with van der Waals surface area (Å²) >= 11 is 0. The zero-order valence-corrected chi connectivity index (χ0v) is 16.4. The first-order valence-corrected chi connectivity index (χ1v) is 9.70. The Kier molecular flexibility index (Phi) is 6.59. The molecule has 0 atom stereocenters. The highest BCUT2D eigenvalue weighted by Crippen LogP contribution is 2.15. The smallest absolute Gasteiger partial charge is 0.257 e. The number of hydrogen-bond donors (Lipinski definition) is 1. The van der Waals surface area contributed by atoms with E-state index in [0.717, 1.165) is 30.5 Å². The Morgan fingerprint density at radius 3 is 2.52 bits per heavy atom. The number of pyridine rings is 1. The van der Waals surface area contributed by atoms with Gasteiger partial charge in [0.1, 0.15) is 0 Å². The topological polar surface area (TPSA) is 74.9 Å². The molecule has 0 bridgehead atoms. The lowest BCUT2D eigenvalue weighted by Gasteiger charge is -2.13. The second-order valence-electron chi connectivity index (χ2n) is 6.85. The molecule has 146 valence electrons. The third kappa shape index (κ3) is 4.99. The molecule has 0 saturated heterocycles. The van der Waals surface area contributed by atoms with Crippen LogP contribution in [-0.2, 0) is 13.0 Å². The summed E-state index contributed by atoms with van der Waals surface area (Å²) in [7, 11) is 0. The van der Waals surface area contributed by atoms with Crippen molar-refractivity contribution < 1.29 is 4.79 Å². The molecule has 1 heterocycles. The third-order valence-corrected chi connectivity index (χ3v) is 4.77. The van der Waals surface area contributed by atoms with Crippen molar-refractivity contribution in [1.29, 1.82) is 5.26 Å². The van der Waals surface area contributed by atoms with Crippen molar-refractivity contribution in [3.8, 4) is 6.07 Å². The fourth-order valence-corrected chi connectivity index (χ4v) is 3.17. The van der Waals surface area contributed by atoms with E-state index in [1.807, 2.05) is 42.5 Å². The number of unbranched alkanes of at least 4 members (excludes halogenated alkanes) is 1. The van der Waals surface area contributed by atoms with Crippen LogP contribution in [-0.4, -0.2) is 10.5 Å². The van der Waals surface area contributed by atoms with E-state index in [0.29, 0.717) is 23.4 Å². The van der Waals surface area contributed by atoms with Crippen molar-refractivity contribution in [2.45, 2.75) is 32.7 Å². The molecule has 3 rings (SSSR count). The number of carbonyl (C=O) groups excluding carboxylic acids is 1. The second-order valence-corrected chi connectivity index (χ2v) is 6.85. The van der Waals surface area contributed by atoms with Crippen LogP contribution >= 0.6 is 0 Å². The van der Waals surface area contributed by atoms with Gasteiger partial charge in [0.05, 0.1) is 23.7 Å². The lowest BCUT2D eigenvalue weighted by atomic mass is 10.1. The van der Waals surface area contributed by atoms with E-state index in [9.17, 15) is 9.59 Å². The van der Waals surface area contributed by atoms with Gasteiger partial charge in [-0.3, -0.25) is 9.59 Å². The Labute approximate surface area is 170 Å². The number of anilines is 1. The predicted molar refractivity (Wildman–Crippen MR) is 114 cm³/mol. The first kappa shape index (κ1) is 20.1. The molecule has 0 aliphatic rings. The van der Waals surface area contributed by atoms with Crippen molar-refractivity contribution in [3.63, 3.8) is 0 Å². The van der Waals surface area contributed by atoms with Crippen molar-refractivity contribution in [3.05, 3.63) is 99.5 Å². The summed E-state index contributed by atoms with van der Waals surface area (Å²) < 4.78 is 1.80. The molecule has 0 aliphatic carbocycles. The Bertz CT molecular complexity index is 1090. The van der Waals surface area contributed by atoms with Gasteiger partial charge in [0.25, 0.3) is 11.5 Å². The van der Waals surface area contributed by atoms with E-state index in [2.05, 4.69) is 12.2 Å². The molecule has 5 nitrogen and oxygen atoms in total. The highest BCUT2D eigenvalue weighted by Gasteiger charge is 2.11. The first-order chi connectivity index (χ1) is 14.1. The summed E-state index contributed by atoms with van der Waals surface area (Å²) in [5.41, 5.74) is 3.32. The molecular formula is C24H23N3O2. The number of nitrogens with one attached hydrogen (secondary N) is 1. The van der Waals surface area contributed by atoms with Gasteiger partial charge < -0.3 is 9.88 Å². The van der Waals surface area contributed by atoms with Crippen LogP contribution in [0.4, 0.5) is 5.69 Å². The van der Waals surface area contributed by atoms with E-state index in [1.165, 1.54) is 0 Å². The van der Waals surface area contributed by atoms with Crippen molar-refractivity contribution in [2.75, 3.05) is 5.32 Å². The van der Waals surface area contributed by atoms with Crippen molar-refractivity contribution >= 4 is 11.6 Å². The summed E-state index contributed by atoms with van der Waals surface area (Å²) in [5, 5.41) is 12.0. The van der Waals surface area contributed by atoms with E-state index in [-0.39, 0.29) is 11.5 Å². The number of carbonyl (C=O) groups is 1. The lowest BCUT2D eigenvalue weighted by molar-refractivity contribution is 0.102. The zero-order chi connectivity index (χ0) is 20.6. The SMILES string of the molecule is CCCCc1cccc(=O)n1Cc1ccc(NC(=O)c2ccccc2C#N)cc1. The Morgan fingerprint density at radius 1 is 1.03 bits per heavy atom. The van der Waals surface area contributed by atoms with Gasteiger partial charge in [-0.05, 0) is 48.7 Å². The van der Waals surface area contributed by atoms with Gasteiger partial charge in [-0.1, -0.05) is 43.7 Å². The molecule has 1 aromatic heterocycles. The van der Waals surface area contributed by atoms with Gasteiger partial charge in [-0.15, -0.1) is 0 Å². The van der Waals surface area contributed by atoms with Gasteiger partial charge in [-0.2, -0.15) is 5.26 Å². The molecule has 0 saturated carbocycles. The molecule has 29 heavy (non-hydrogen) atoms. The molecule has 0 radical (unpaired) electrons. The Balaban J connectivity index is 1.74. The van der Waals surface area contributed by atoms with Crippen LogP contribution in [0.15, 0.2) is 71.5 Å². The molecule has 2 aromatic carbocycles. The van der Waals surface area contributed by atoms with E-state index >= 15 is 0 Å². The number of aryl methyl sites for hydroxylation is 1. The maximum absolute atomic E-state index is 12.5. The van der Waals surface area contributed by atoms with Crippen LogP contribution in [0.25, 0.3) is 0 Å². The molecule has 5 heteroatoms. The van der Waals surface area contributed by atoms with Crippen LogP contribution in [0, 0.1) is 11.3 Å². The fourth-order valence-electron chi connectivity index (χ4n) is 3.17. The molecule has 0 fully saturated rings. The average Bonchev–Trinajstić information content (AvgIpc) is 2.75. The van der Waals surface area contributed by atoms with Gasteiger partial charge in [-0.25, -0.2) is 0 Å². The summed E-state index contributed by atoms with van der Waals surface area (Å²) in [4.78, 5) is 24.8. The average molecular weight is 385 g/mol. The quantitative estimate of drug-likeness (QED) is 0.656. The van der Waals surface area contributed by atoms with Crippen molar-refractivity contribution in [1.82, 2.24) is 4.57 Å². The van der Waals surface area contributed by atoms with Crippen molar-refractivity contribution in [2.24, 2.45) is 0 Å². The third-order valence-electron chi connectivity index (χ3n) is 4.77. The number of benzene rings is 2. The molecule has 0 unspecified atom stereocenters. The minimum atomic E-state index is -0.323. The Morgan fingerprint density at radius 2 is 1.79 bits per heavy atom. The minimum Gasteiger partial charge on any atom is -0.322 e. The number of nitrogens with zero attached hydrogens (tertiary/aromatic N) is 2. The molecule has 0 spiro atoms. The standard InChI is InChI=1S/C24H23N3O2/c1-2-3-8-21-9-6-11-23(28)27(21)17-18-12-14-20(15-13-18)26-24(29)22-10-5-4-7-19(22)16-25/h4-7,9-15H,2-3,8,17H2,1H3,(H,26,29). The largest absolute Gasteiger partial charge is 0.322 e. The van der Waals surface area contributed by atoms with Crippen LogP contribution in [0.5, 0.6) is 0 Å². The summed E-state index contributed by atoms with van der Waals surface area (Å²) in [6.45, 7) is 2.62. The molecular weight excluding hydrogens is 362 g/mol. The van der Waals surface area contributed by atoms with Gasteiger partial charge >= 0.3 is 0 Å². The van der Waals surface area contributed by atoms with Gasteiger partial charge in [0.2, 0.25) is 0 Å². The lowest BCUT2D eigenvalue weighted by Crippen LogP contribution is -2.23. The summed E-state index contributed by atoms with van der Waals surface area (Å²) in [5.74, 6) is -0.323. The van der Waals surface area contributed by atoms with Gasteiger partial charge in [0, 0.05) is 17.4 Å². The van der Waals surface area contributed by atoms with Gasteiger partial charge in [0.15, 0.2) is 0 Å². The van der Waals surface area contributed by atoms with Crippen LogP contribution in [0.3, 0.4) is 0 Å². The first-order valence-electron chi connectivity index (χ1n) is 9.70. The predicted octanol–water partition coefficient (Wildman–Crippen LogP) is 4.36. The summed E-state index contributed by atoms with van der Waals surface area (Å²) in [6, 6.07) is 21.5. The maximum Gasteiger partial charge on any atom is 0.257 e. The van der Waals surface area contributed by atoms with Crippen LogP contribution in [0.1, 0.15) is 46.9 Å². The highest BCUT2D eigenvalue weighted by molar-refractivity contribution is 6.05. The molecule has 3 aromatic rings. The van der Waals surface area contributed by atoms with Crippen LogP contribution in [0.2, 0.25) is 0 Å². The number of rotatable bonds is 7. The molecule has 0 aliphatic heterocycles. The number of nitriles is 1. The van der Waals surface area contributed by atoms with Crippen LogP contribution < -0.4 is 10.9 Å². The molecule has 1 N–H and O–H groups in total. The van der Waals surface area contributed by atoms with E-state index in [1.54, 1.807) is 34.9 Å². The second kappa shape index (κ2) is 9.52. The highest BCUT2D eigenvalue weighted by atomic mass is 16.1.